The first-order valence-electron chi connectivity index (χ1n) is 13.0. The Hall–Kier alpha value is -4.13. The average molecular weight is 604 g/mol. The van der Waals surface area contributed by atoms with Crippen LogP contribution in [0.15, 0.2) is 72.9 Å². The maximum absolute atomic E-state index is 12.7. The van der Waals surface area contributed by atoms with Crippen molar-refractivity contribution in [1.29, 1.82) is 0 Å². The minimum atomic E-state index is -5.08. The molecule has 1 aliphatic rings. The third kappa shape index (κ3) is 8.68. The lowest BCUT2D eigenvalue weighted by Gasteiger charge is -2.26. The van der Waals surface area contributed by atoms with E-state index in [1.54, 1.807) is 0 Å². The molecule has 1 aliphatic heterocycles. The standard InChI is InChI=1S/C27H28ClN5O2.C2HF3O2/c28-24-6-1-2-7-25(24)31-23-8-9-26-22(17-23)18-30-33(26)19-20-4-3-5-21(16-20)27(34)29-10-11-32-12-14-35-15-13-32;3-2(4,5)1(6)7/h1-9,16-18,31H,10-15,19H2,(H,29,34);(H,6,7). The van der Waals surface area contributed by atoms with Crippen LogP contribution in [0.3, 0.4) is 0 Å². The minimum Gasteiger partial charge on any atom is -0.475 e. The van der Waals surface area contributed by atoms with E-state index in [1.165, 1.54) is 0 Å². The van der Waals surface area contributed by atoms with Gasteiger partial charge in [-0.05, 0) is 48.0 Å². The van der Waals surface area contributed by atoms with Crippen LogP contribution < -0.4 is 10.6 Å². The first kappa shape index (κ1) is 30.8. The molecule has 42 heavy (non-hydrogen) atoms. The number of hydrogen-bond acceptors (Lipinski definition) is 6. The predicted octanol–water partition coefficient (Wildman–Crippen LogP) is 5.18. The van der Waals surface area contributed by atoms with Crippen LogP contribution in [0, 0.1) is 0 Å². The monoisotopic (exact) mass is 603 g/mol. The number of nitrogens with zero attached hydrogens (tertiary/aromatic N) is 3. The van der Waals surface area contributed by atoms with E-state index in [-0.39, 0.29) is 5.91 Å². The second-order valence-electron chi connectivity index (χ2n) is 9.39. The van der Waals surface area contributed by atoms with Crippen molar-refractivity contribution in [2.24, 2.45) is 0 Å². The Morgan fingerprint density at radius 1 is 1.02 bits per heavy atom. The zero-order valence-corrected chi connectivity index (χ0v) is 23.2. The van der Waals surface area contributed by atoms with E-state index < -0.39 is 12.1 Å². The quantitative estimate of drug-likeness (QED) is 0.255. The molecule has 13 heteroatoms. The molecular weight excluding hydrogens is 575 g/mol. The number of aliphatic carboxylic acids is 1. The van der Waals surface area contributed by atoms with E-state index in [2.05, 4.69) is 26.7 Å². The Labute approximate surface area is 244 Å². The van der Waals surface area contributed by atoms with Crippen molar-refractivity contribution in [3.63, 3.8) is 0 Å². The summed E-state index contributed by atoms with van der Waals surface area (Å²) in [7, 11) is 0. The van der Waals surface area contributed by atoms with Crippen molar-refractivity contribution < 1.29 is 32.6 Å². The first-order chi connectivity index (χ1) is 20.1. The number of para-hydroxylation sites is 1. The fraction of sp³-hybridized carbons (Fsp3) is 0.276. The third-order valence-electron chi connectivity index (χ3n) is 6.38. The number of hydrogen-bond donors (Lipinski definition) is 3. The van der Waals surface area contributed by atoms with E-state index in [9.17, 15) is 18.0 Å². The lowest BCUT2D eigenvalue weighted by atomic mass is 10.1. The molecule has 0 aliphatic carbocycles. The molecule has 4 aromatic rings. The molecule has 1 fully saturated rings. The first-order valence-corrected chi connectivity index (χ1v) is 13.4. The third-order valence-corrected chi connectivity index (χ3v) is 6.71. The molecule has 0 unspecified atom stereocenters. The van der Waals surface area contributed by atoms with Crippen molar-refractivity contribution >= 4 is 45.8 Å². The second kappa shape index (κ2) is 14.2. The number of anilines is 2. The van der Waals surface area contributed by atoms with Crippen LogP contribution in [0.1, 0.15) is 15.9 Å². The fourth-order valence-corrected chi connectivity index (χ4v) is 4.43. The predicted molar refractivity (Wildman–Crippen MR) is 153 cm³/mol. The van der Waals surface area contributed by atoms with Crippen molar-refractivity contribution in [3.05, 3.63) is 89.1 Å². The van der Waals surface area contributed by atoms with Gasteiger partial charge in [-0.1, -0.05) is 35.9 Å². The highest BCUT2D eigenvalue weighted by atomic mass is 35.5. The molecule has 0 radical (unpaired) electrons. The molecular formula is C29H29ClF3N5O4. The number of carboxylic acid groups (broad SMARTS) is 1. The van der Waals surface area contributed by atoms with Gasteiger partial charge in [-0.3, -0.25) is 14.4 Å². The number of fused-ring (bicyclic) bond motifs is 1. The molecule has 1 aromatic heterocycles. The van der Waals surface area contributed by atoms with Gasteiger partial charge in [0.2, 0.25) is 0 Å². The Kier molecular flexibility index (Phi) is 10.4. The highest BCUT2D eigenvalue weighted by Gasteiger charge is 2.38. The van der Waals surface area contributed by atoms with Gasteiger partial charge in [-0.2, -0.15) is 18.3 Å². The molecule has 5 rings (SSSR count). The molecule has 0 saturated carbocycles. The number of halogens is 4. The normalized spacial score (nSPS) is 13.7. The van der Waals surface area contributed by atoms with Crippen LogP contribution in [-0.4, -0.2) is 77.2 Å². The zero-order valence-electron chi connectivity index (χ0n) is 22.4. The number of morpholine rings is 1. The van der Waals surface area contributed by atoms with E-state index in [0.29, 0.717) is 23.7 Å². The lowest BCUT2D eigenvalue weighted by molar-refractivity contribution is -0.192. The molecule has 1 saturated heterocycles. The van der Waals surface area contributed by atoms with E-state index in [4.69, 9.17) is 26.2 Å². The Morgan fingerprint density at radius 3 is 2.48 bits per heavy atom. The topological polar surface area (TPSA) is 109 Å². The molecule has 0 atom stereocenters. The maximum Gasteiger partial charge on any atom is 0.490 e. The second-order valence-corrected chi connectivity index (χ2v) is 9.80. The summed E-state index contributed by atoms with van der Waals surface area (Å²) < 4.78 is 39.1. The van der Waals surface area contributed by atoms with Gasteiger partial charge < -0.3 is 20.5 Å². The van der Waals surface area contributed by atoms with Crippen LogP contribution in [0.4, 0.5) is 24.5 Å². The molecule has 0 spiro atoms. The number of alkyl halides is 3. The molecule has 222 valence electrons. The summed E-state index contributed by atoms with van der Waals surface area (Å²) in [6, 6.07) is 21.5. The number of nitrogens with one attached hydrogen (secondary N) is 2. The molecule has 3 aromatic carbocycles. The van der Waals surface area contributed by atoms with Crippen molar-refractivity contribution in [1.82, 2.24) is 20.0 Å². The Bertz CT molecular complexity index is 1520. The molecule has 1 amide bonds. The van der Waals surface area contributed by atoms with Crippen molar-refractivity contribution in [3.8, 4) is 0 Å². The van der Waals surface area contributed by atoms with Gasteiger partial charge in [0.15, 0.2) is 0 Å². The molecule has 0 bridgehead atoms. The summed E-state index contributed by atoms with van der Waals surface area (Å²) in [6.07, 6.45) is -3.23. The van der Waals surface area contributed by atoms with E-state index in [0.717, 1.165) is 60.7 Å². The molecule has 2 heterocycles. The number of benzene rings is 3. The summed E-state index contributed by atoms with van der Waals surface area (Å²) >= 11 is 6.27. The van der Waals surface area contributed by atoms with E-state index in [1.807, 2.05) is 71.5 Å². The SMILES string of the molecule is O=C(NCCN1CCOCC1)c1cccc(Cn2ncc3cc(Nc4ccccc4Cl)ccc32)c1.O=C(O)C(F)(F)F. The fourth-order valence-electron chi connectivity index (χ4n) is 4.25. The van der Waals surface area contributed by atoms with Crippen LogP contribution in [0.2, 0.25) is 5.02 Å². The zero-order chi connectivity index (χ0) is 30.1. The van der Waals surface area contributed by atoms with Gasteiger partial charge >= 0.3 is 12.1 Å². The largest absolute Gasteiger partial charge is 0.490 e. The number of rotatable bonds is 8. The highest BCUT2D eigenvalue weighted by Crippen LogP contribution is 2.27. The number of carbonyl (C=O) groups excluding carboxylic acids is 1. The number of aromatic nitrogens is 2. The van der Waals surface area contributed by atoms with Gasteiger partial charge in [-0.25, -0.2) is 4.79 Å². The van der Waals surface area contributed by atoms with Crippen LogP contribution in [0.25, 0.3) is 10.9 Å². The summed E-state index contributed by atoms with van der Waals surface area (Å²) in [5, 5.41) is 19.8. The Balaban J connectivity index is 0.000000517. The summed E-state index contributed by atoms with van der Waals surface area (Å²) in [5.74, 6) is -2.81. The number of carbonyl (C=O) groups is 2. The number of amides is 1. The number of carboxylic acids is 1. The van der Waals surface area contributed by atoms with Crippen molar-refractivity contribution in [2.75, 3.05) is 44.7 Å². The summed E-state index contributed by atoms with van der Waals surface area (Å²) in [4.78, 5) is 23.9. The minimum absolute atomic E-state index is 0.0549. The van der Waals surface area contributed by atoms with Gasteiger partial charge in [0.25, 0.3) is 5.91 Å². The van der Waals surface area contributed by atoms with Gasteiger partial charge in [0.05, 0.1) is 42.2 Å². The van der Waals surface area contributed by atoms with Crippen LogP contribution in [-0.2, 0) is 16.1 Å². The summed E-state index contributed by atoms with van der Waals surface area (Å²) in [6.45, 7) is 5.39. The molecule has 9 nitrogen and oxygen atoms in total. The Morgan fingerprint density at radius 2 is 1.76 bits per heavy atom. The highest BCUT2D eigenvalue weighted by molar-refractivity contribution is 6.33. The number of ether oxygens (including phenoxy) is 1. The van der Waals surface area contributed by atoms with Gasteiger partial charge in [0, 0.05) is 42.8 Å². The van der Waals surface area contributed by atoms with Crippen molar-refractivity contribution in [2.45, 2.75) is 12.7 Å². The van der Waals surface area contributed by atoms with Gasteiger partial charge in [-0.15, -0.1) is 0 Å². The van der Waals surface area contributed by atoms with Crippen LogP contribution in [0.5, 0.6) is 0 Å². The lowest BCUT2D eigenvalue weighted by Crippen LogP contribution is -2.41. The average Bonchev–Trinajstić information content (AvgIpc) is 3.36. The van der Waals surface area contributed by atoms with Gasteiger partial charge in [0.1, 0.15) is 0 Å². The van der Waals surface area contributed by atoms with Crippen LogP contribution >= 0.6 is 11.6 Å². The molecule has 3 N–H and O–H groups in total. The maximum atomic E-state index is 12.7. The smallest absolute Gasteiger partial charge is 0.475 e. The summed E-state index contributed by atoms with van der Waals surface area (Å²) in [5.41, 5.74) is 4.51. The van der Waals surface area contributed by atoms with E-state index >= 15 is 0 Å².